The van der Waals surface area contributed by atoms with Gasteiger partial charge in [-0.1, -0.05) is 0 Å². The first-order valence-electron chi connectivity index (χ1n) is 36.0. The molecule has 6 aromatic rings. The van der Waals surface area contributed by atoms with Crippen LogP contribution in [0.2, 0.25) is 0 Å². The molecule has 0 fully saturated rings. The van der Waals surface area contributed by atoms with E-state index in [2.05, 4.69) is 313 Å². The molecule has 0 nitrogen and oxygen atoms in total. The molecule has 0 unspecified atom stereocenters. The van der Waals surface area contributed by atoms with Crippen molar-refractivity contribution >= 4 is 91.5 Å². The van der Waals surface area contributed by atoms with Crippen LogP contribution in [-0.4, -0.2) is 91.5 Å². The second-order valence-electron chi connectivity index (χ2n) is 39.8. The Balaban J connectivity index is 0.000000163. The Kier molecular flexibility index (Phi) is 16.0. The molecule has 0 atom stereocenters. The molecule has 12 aliphatic rings. The van der Waals surface area contributed by atoms with Crippen LogP contribution < -0.4 is 0 Å². The quantitative estimate of drug-likeness (QED) is 0.133. The number of benzene rings is 6. The molecule has 5 heteroatoms. The molecule has 0 aromatic heterocycles. The predicted molar refractivity (Wildman–Crippen MR) is 401 cm³/mol. The minimum absolute atomic E-state index is 0. The molecule has 18 rings (SSSR count). The zero-order chi connectivity index (χ0) is 67.0. The molecule has 12 aliphatic carbocycles. The Morgan fingerprint density at radius 1 is 0.204 bits per heavy atom. The van der Waals surface area contributed by atoms with Crippen LogP contribution in [0.25, 0.3) is 0 Å². The van der Waals surface area contributed by atoms with Crippen molar-refractivity contribution in [3.63, 3.8) is 0 Å². The van der Waals surface area contributed by atoms with Crippen LogP contribution >= 0.6 is 0 Å². The van der Waals surface area contributed by atoms with E-state index in [0.29, 0.717) is 11.8 Å². The summed E-state index contributed by atoms with van der Waals surface area (Å²) in [6, 6.07) is 32.9. The van der Waals surface area contributed by atoms with Gasteiger partial charge in [0.05, 0.1) is 0 Å². The van der Waals surface area contributed by atoms with Gasteiger partial charge < -0.3 is 0 Å². The van der Waals surface area contributed by atoms with Gasteiger partial charge in [0.2, 0.25) is 0 Å². The van der Waals surface area contributed by atoms with Crippen LogP contribution in [-0.2, 0) is 71.7 Å². The molecular weight excluding hydrogens is 1540 g/mol. The van der Waals surface area contributed by atoms with E-state index in [-0.39, 0.29) is 88.8 Å². The molecule has 4 bridgehead atoms. The number of fused-ring (bicyclic) bond motifs is 6. The number of hydrogen-bond acceptors (Lipinski definition) is 0. The van der Waals surface area contributed by atoms with Gasteiger partial charge >= 0.3 is 607 Å². The molecule has 93 heavy (non-hydrogen) atoms. The monoisotopic (exact) mass is 1650 g/mol. The molecule has 0 heterocycles. The maximum atomic E-state index is 2.74. The third kappa shape index (κ3) is 9.84. The van der Waals surface area contributed by atoms with Crippen molar-refractivity contribution in [3.8, 4) is 0 Å². The van der Waals surface area contributed by atoms with E-state index >= 15 is 0 Å². The van der Waals surface area contributed by atoms with Gasteiger partial charge in [0.15, 0.2) is 0 Å². The molecule has 0 aliphatic heterocycles. The summed E-state index contributed by atoms with van der Waals surface area (Å²) < 4.78 is -0.232. The van der Waals surface area contributed by atoms with E-state index < -0.39 is 0 Å². The third-order valence-electron chi connectivity index (χ3n) is 28.3. The Hall–Kier alpha value is -1.49. The van der Waals surface area contributed by atoms with Crippen LogP contribution in [0.15, 0.2) is 72.8 Å². The van der Waals surface area contributed by atoms with Gasteiger partial charge in [-0.3, -0.25) is 0 Å². The van der Waals surface area contributed by atoms with Crippen LogP contribution in [0.1, 0.15) is 389 Å². The fraction of sp³-hybridized carbons (Fsp3) is 0.591. The average molecular weight is 1650 g/mol. The Labute approximate surface area is 618 Å². The zero-order valence-corrected chi connectivity index (χ0v) is 71.9. The Bertz CT molecular complexity index is 3510. The van der Waals surface area contributed by atoms with E-state index in [1.54, 1.807) is 134 Å². The van der Waals surface area contributed by atoms with E-state index in [0.717, 1.165) is 0 Å². The van der Waals surface area contributed by atoms with Gasteiger partial charge in [-0.05, 0) is 0 Å². The molecule has 490 valence electrons. The van der Waals surface area contributed by atoms with Crippen molar-refractivity contribution < 1.29 is 0 Å². The van der Waals surface area contributed by atoms with Crippen LogP contribution in [0.5, 0.6) is 0 Å². The Morgan fingerprint density at radius 3 is 0.409 bits per heavy atom. The first kappa shape index (κ1) is 70.0. The van der Waals surface area contributed by atoms with Gasteiger partial charge in [0.25, 0.3) is 0 Å². The molecular formula is C88H110Sb2Se3. The Morgan fingerprint density at radius 2 is 0.301 bits per heavy atom. The normalized spacial score (nSPS) is 28.5. The molecule has 8 radical (unpaired) electrons. The summed E-state index contributed by atoms with van der Waals surface area (Å²) in [6.07, 6.45) is 15.1. The second-order valence-corrected chi connectivity index (χ2v) is 43.6. The molecule has 0 saturated carbocycles. The van der Waals surface area contributed by atoms with Crippen molar-refractivity contribution in [3.05, 3.63) is 206 Å². The van der Waals surface area contributed by atoms with Gasteiger partial charge in [0, 0.05) is 17.1 Å². The summed E-state index contributed by atoms with van der Waals surface area (Å²) in [5, 5.41) is 0. The summed E-state index contributed by atoms with van der Waals surface area (Å²) in [6.45, 7) is 60.1. The number of hydrogen-bond donors (Lipinski definition) is 0. The fourth-order valence-electron chi connectivity index (χ4n) is 21.0. The molecule has 0 spiro atoms. The summed E-state index contributed by atoms with van der Waals surface area (Å²) in [4.78, 5) is 0. The van der Waals surface area contributed by atoms with Gasteiger partial charge in [-0.2, -0.15) is 0 Å². The summed E-state index contributed by atoms with van der Waals surface area (Å²) in [5.74, 6) is 0.618. The summed E-state index contributed by atoms with van der Waals surface area (Å²) >= 11 is 9.12. The SMILES string of the molecule is CC1(C)CCC(C)(C)c2cc3c(cc21)C1c2cc4c(cc2[C]3([Sb])c2cc3c(cc21)C(C)(C)CCC3(C)C)C(C)(C)CCC4(C)C.CC1(C)CCC(C)(C)c2cc3c(cc21)C1c2cc4c(cc2[C]3([Sb])c2cc3c(cc21)C(C)(C)CCC3(C)C)C(C)(C)CCC4(C)C.[Se].[Se][Se]. The van der Waals surface area contributed by atoms with E-state index in [9.17, 15) is 0 Å². The van der Waals surface area contributed by atoms with Crippen molar-refractivity contribution in [2.75, 3.05) is 0 Å². The van der Waals surface area contributed by atoms with Crippen molar-refractivity contribution in [2.45, 2.75) is 327 Å². The van der Waals surface area contributed by atoms with Crippen LogP contribution in [0, 0.1) is 0 Å². The fourth-order valence-corrected chi connectivity index (χ4v) is 24.3. The van der Waals surface area contributed by atoms with Crippen LogP contribution in [0.4, 0.5) is 0 Å². The predicted octanol–water partition coefficient (Wildman–Crippen LogP) is 20.9. The second kappa shape index (κ2) is 21.3. The molecule has 0 saturated heterocycles. The summed E-state index contributed by atoms with van der Waals surface area (Å²) in [7, 11) is 0. The van der Waals surface area contributed by atoms with Gasteiger partial charge in [-0.25, -0.2) is 0 Å². The summed E-state index contributed by atoms with van der Waals surface area (Å²) in [5.41, 5.74) is 41.2. The van der Waals surface area contributed by atoms with Crippen molar-refractivity contribution in [2.24, 2.45) is 0 Å². The van der Waals surface area contributed by atoms with E-state index in [1.807, 2.05) is 0 Å². The van der Waals surface area contributed by atoms with E-state index in [4.69, 9.17) is 0 Å². The first-order valence-corrected chi connectivity index (χ1v) is 42.9. The zero-order valence-electron chi connectivity index (χ0n) is 61.7. The maximum absolute atomic E-state index is 2.74. The first-order chi connectivity index (χ1) is 42.2. The molecule has 0 amide bonds. The van der Waals surface area contributed by atoms with Crippen molar-refractivity contribution in [1.29, 1.82) is 0 Å². The third-order valence-corrected chi connectivity index (χ3v) is 32.5. The topological polar surface area (TPSA) is 0 Å². The molecule has 6 aromatic carbocycles. The van der Waals surface area contributed by atoms with Gasteiger partial charge in [0.1, 0.15) is 0 Å². The average Bonchev–Trinajstić information content (AvgIpc) is 0.670. The van der Waals surface area contributed by atoms with Gasteiger partial charge in [-0.15, -0.1) is 0 Å². The molecule has 0 N–H and O–H groups in total. The minimum atomic E-state index is -0.116. The van der Waals surface area contributed by atoms with Crippen molar-refractivity contribution in [1.82, 2.24) is 0 Å². The standard InChI is InChI=1S/2C44H55.2Sb.Se2.Se/c2*1-39(2)13-14-40(3,4)32-20-26-25(19-31(32)39)37-27-21-33-35(43(9,10)17-15-41(33,5)6)23-29(27)38(26)30-24-36-34(22-28(30)37)42(7,8)16-18-44(36,11)12;;;1-2;/h2*19-24,37H,13-18H2,1-12H3;;;;. The van der Waals surface area contributed by atoms with E-state index in [1.165, 1.54) is 77.0 Å². The number of rotatable bonds is 0. The van der Waals surface area contributed by atoms with Crippen LogP contribution in [0.3, 0.4) is 0 Å².